The SMILES string of the molecule is CCC(=O)Nc1ccc(Cl)c(NC(=S)NC(=O)c2ccc(C)c(Cl)c2)c1. The third kappa shape index (κ3) is 5.42. The minimum absolute atomic E-state index is 0.0764. The zero-order chi connectivity index (χ0) is 19.3. The van der Waals surface area contributed by atoms with Gasteiger partial charge in [-0.05, 0) is 55.0 Å². The van der Waals surface area contributed by atoms with Crippen molar-refractivity contribution in [3.63, 3.8) is 0 Å². The van der Waals surface area contributed by atoms with Gasteiger partial charge in [-0.15, -0.1) is 0 Å². The number of hydrogen-bond acceptors (Lipinski definition) is 3. The average Bonchev–Trinajstić information content (AvgIpc) is 2.59. The van der Waals surface area contributed by atoms with Crippen LogP contribution in [-0.2, 0) is 4.79 Å². The number of hydrogen-bond donors (Lipinski definition) is 3. The van der Waals surface area contributed by atoms with Crippen LogP contribution in [0.3, 0.4) is 0 Å². The van der Waals surface area contributed by atoms with Crippen LogP contribution in [0, 0.1) is 6.92 Å². The minimum Gasteiger partial charge on any atom is -0.331 e. The number of benzene rings is 2. The van der Waals surface area contributed by atoms with E-state index in [2.05, 4.69) is 16.0 Å². The summed E-state index contributed by atoms with van der Waals surface area (Å²) in [5.74, 6) is -0.513. The average molecular weight is 410 g/mol. The van der Waals surface area contributed by atoms with E-state index in [-0.39, 0.29) is 11.0 Å². The fraction of sp³-hybridized carbons (Fsp3) is 0.167. The number of nitrogens with one attached hydrogen (secondary N) is 3. The third-order valence-corrected chi connectivity index (χ3v) is 4.42. The molecular formula is C18H17Cl2N3O2S. The maximum atomic E-state index is 12.3. The number of carbonyl (C=O) groups excluding carboxylic acids is 2. The molecule has 0 radical (unpaired) electrons. The smallest absolute Gasteiger partial charge is 0.257 e. The molecule has 136 valence electrons. The van der Waals surface area contributed by atoms with Gasteiger partial charge in [0.1, 0.15) is 0 Å². The Balaban J connectivity index is 2.07. The summed E-state index contributed by atoms with van der Waals surface area (Å²) in [6, 6.07) is 9.92. The second-order valence-electron chi connectivity index (χ2n) is 5.47. The molecule has 0 aliphatic rings. The standard InChI is InChI=1S/C18H17Cl2N3O2S/c1-3-16(24)21-12-6-7-13(19)15(9-12)22-18(26)23-17(25)11-5-4-10(2)14(20)8-11/h4-9H,3H2,1-2H3,(H,21,24)(H2,22,23,25,26). The monoisotopic (exact) mass is 409 g/mol. The van der Waals surface area contributed by atoms with E-state index >= 15 is 0 Å². The summed E-state index contributed by atoms with van der Waals surface area (Å²) in [6.45, 7) is 3.61. The van der Waals surface area contributed by atoms with Crippen LogP contribution in [0.5, 0.6) is 0 Å². The van der Waals surface area contributed by atoms with Gasteiger partial charge in [0.2, 0.25) is 5.91 Å². The number of amides is 2. The summed E-state index contributed by atoms with van der Waals surface area (Å²) in [4.78, 5) is 23.8. The summed E-state index contributed by atoms with van der Waals surface area (Å²) in [6.07, 6.45) is 0.360. The topological polar surface area (TPSA) is 70.2 Å². The predicted octanol–water partition coefficient (Wildman–Crippen LogP) is 4.78. The van der Waals surface area contributed by atoms with Gasteiger partial charge in [-0.2, -0.15) is 0 Å². The fourth-order valence-corrected chi connectivity index (χ4v) is 2.56. The van der Waals surface area contributed by atoms with Gasteiger partial charge < -0.3 is 10.6 Å². The Bertz CT molecular complexity index is 872. The molecule has 0 aliphatic carbocycles. The first-order valence-electron chi connectivity index (χ1n) is 7.78. The quantitative estimate of drug-likeness (QED) is 0.635. The molecule has 3 N–H and O–H groups in total. The van der Waals surface area contributed by atoms with Crippen LogP contribution in [0.15, 0.2) is 36.4 Å². The second kappa shape index (κ2) is 8.98. The molecule has 2 amide bonds. The Kier molecular flexibility index (Phi) is 6.97. The molecule has 5 nitrogen and oxygen atoms in total. The highest BCUT2D eigenvalue weighted by molar-refractivity contribution is 7.80. The third-order valence-electron chi connectivity index (χ3n) is 3.48. The molecule has 8 heteroatoms. The van der Waals surface area contributed by atoms with Crippen molar-refractivity contribution in [3.05, 3.63) is 57.6 Å². The summed E-state index contributed by atoms with van der Waals surface area (Å²) < 4.78 is 0. The first-order valence-corrected chi connectivity index (χ1v) is 8.94. The van der Waals surface area contributed by atoms with Crippen molar-refractivity contribution in [2.24, 2.45) is 0 Å². The van der Waals surface area contributed by atoms with Crippen LogP contribution in [-0.4, -0.2) is 16.9 Å². The first kappa shape index (κ1) is 20.2. The Morgan fingerprint density at radius 3 is 2.42 bits per heavy atom. The number of anilines is 2. The van der Waals surface area contributed by atoms with E-state index in [0.717, 1.165) is 5.56 Å². The van der Waals surface area contributed by atoms with Gasteiger partial charge in [0, 0.05) is 22.7 Å². The lowest BCUT2D eigenvalue weighted by Gasteiger charge is -2.13. The zero-order valence-electron chi connectivity index (χ0n) is 14.2. The highest BCUT2D eigenvalue weighted by Gasteiger charge is 2.11. The lowest BCUT2D eigenvalue weighted by atomic mass is 10.1. The molecule has 0 heterocycles. The Labute approximate surface area is 167 Å². The molecule has 0 atom stereocenters. The largest absolute Gasteiger partial charge is 0.331 e. The predicted molar refractivity (Wildman–Crippen MR) is 110 cm³/mol. The number of carbonyl (C=O) groups is 2. The molecule has 0 aromatic heterocycles. The van der Waals surface area contributed by atoms with Gasteiger partial charge in [0.05, 0.1) is 10.7 Å². The molecule has 0 aliphatic heterocycles. The van der Waals surface area contributed by atoms with Gasteiger partial charge in [0.15, 0.2) is 5.11 Å². The molecule has 26 heavy (non-hydrogen) atoms. The van der Waals surface area contributed by atoms with Gasteiger partial charge in [-0.3, -0.25) is 14.9 Å². The Hall–Kier alpha value is -2.15. The van der Waals surface area contributed by atoms with E-state index in [9.17, 15) is 9.59 Å². The van der Waals surface area contributed by atoms with Crippen LogP contribution in [0.25, 0.3) is 0 Å². The maximum absolute atomic E-state index is 12.3. The number of aryl methyl sites for hydroxylation is 1. The maximum Gasteiger partial charge on any atom is 0.257 e. The molecule has 2 aromatic carbocycles. The molecule has 0 spiro atoms. The summed E-state index contributed by atoms with van der Waals surface area (Å²) in [5.41, 5.74) is 2.30. The van der Waals surface area contributed by atoms with E-state index < -0.39 is 5.91 Å². The molecular weight excluding hydrogens is 393 g/mol. The Morgan fingerprint density at radius 1 is 1.04 bits per heavy atom. The normalized spacial score (nSPS) is 10.2. The minimum atomic E-state index is -0.393. The van der Waals surface area contributed by atoms with E-state index in [1.165, 1.54) is 0 Å². The highest BCUT2D eigenvalue weighted by Crippen LogP contribution is 2.25. The van der Waals surface area contributed by atoms with Crippen LogP contribution in [0.1, 0.15) is 29.3 Å². The summed E-state index contributed by atoms with van der Waals surface area (Å²) in [7, 11) is 0. The molecule has 0 saturated carbocycles. The molecule has 0 bridgehead atoms. The molecule has 2 aromatic rings. The first-order chi connectivity index (χ1) is 12.3. The van der Waals surface area contributed by atoms with Gasteiger partial charge in [-0.25, -0.2) is 0 Å². The van der Waals surface area contributed by atoms with Crippen molar-refractivity contribution in [1.29, 1.82) is 0 Å². The van der Waals surface area contributed by atoms with Crippen LogP contribution in [0.4, 0.5) is 11.4 Å². The van der Waals surface area contributed by atoms with E-state index in [0.29, 0.717) is 33.4 Å². The van der Waals surface area contributed by atoms with Crippen molar-refractivity contribution in [1.82, 2.24) is 5.32 Å². The summed E-state index contributed by atoms with van der Waals surface area (Å²) >= 11 is 17.3. The van der Waals surface area contributed by atoms with Gasteiger partial charge >= 0.3 is 0 Å². The fourth-order valence-electron chi connectivity index (χ4n) is 2.01. The van der Waals surface area contributed by atoms with Crippen LogP contribution in [0.2, 0.25) is 10.0 Å². The number of halogens is 2. The lowest BCUT2D eigenvalue weighted by molar-refractivity contribution is -0.115. The van der Waals surface area contributed by atoms with E-state index in [1.807, 2.05) is 6.92 Å². The van der Waals surface area contributed by atoms with Crippen molar-refractivity contribution in [3.8, 4) is 0 Å². The van der Waals surface area contributed by atoms with Gasteiger partial charge in [0.25, 0.3) is 5.91 Å². The van der Waals surface area contributed by atoms with Gasteiger partial charge in [-0.1, -0.05) is 36.2 Å². The molecule has 0 fully saturated rings. The van der Waals surface area contributed by atoms with Crippen molar-refractivity contribution >= 4 is 63.7 Å². The van der Waals surface area contributed by atoms with E-state index in [4.69, 9.17) is 35.4 Å². The highest BCUT2D eigenvalue weighted by atomic mass is 35.5. The van der Waals surface area contributed by atoms with Crippen LogP contribution >= 0.6 is 35.4 Å². The number of rotatable bonds is 4. The zero-order valence-corrected chi connectivity index (χ0v) is 16.5. The second-order valence-corrected chi connectivity index (χ2v) is 6.69. The summed E-state index contributed by atoms with van der Waals surface area (Å²) in [5, 5.41) is 9.12. The Morgan fingerprint density at radius 2 is 1.77 bits per heavy atom. The van der Waals surface area contributed by atoms with E-state index in [1.54, 1.807) is 43.3 Å². The van der Waals surface area contributed by atoms with Crippen molar-refractivity contribution in [2.75, 3.05) is 10.6 Å². The van der Waals surface area contributed by atoms with Crippen molar-refractivity contribution < 1.29 is 9.59 Å². The van der Waals surface area contributed by atoms with Crippen LogP contribution < -0.4 is 16.0 Å². The molecule has 0 unspecified atom stereocenters. The molecule has 0 saturated heterocycles. The molecule has 2 rings (SSSR count). The van der Waals surface area contributed by atoms with Crippen molar-refractivity contribution in [2.45, 2.75) is 20.3 Å². The lowest BCUT2D eigenvalue weighted by Crippen LogP contribution is -2.34. The number of thiocarbonyl (C=S) groups is 1.